The Kier molecular flexibility index (Phi) is 5.81. The average Bonchev–Trinajstić information content (AvgIpc) is 3.42. The molecule has 7 heteroatoms. The van der Waals surface area contributed by atoms with Crippen LogP contribution in [0.5, 0.6) is 0 Å². The Bertz CT molecular complexity index is 1330. The number of thiazole rings is 1. The third-order valence-electron chi connectivity index (χ3n) is 6.12. The molecule has 168 valence electrons. The van der Waals surface area contributed by atoms with Crippen LogP contribution in [-0.4, -0.2) is 37.8 Å². The van der Waals surface area contributed by atoms with Gasteiger partial charge in [0.2, 0.25) is 0 Å². The molecule has 0 bridgehead atoms. The Morgan fingerprint density at radius 3 is 2.85 bits per heavy atom. The van der Waals surface area contributed by atoms with Crippen LogP contribution in [0.15, 0.2) is 55.4 Å². The number of carbonyl (C=O) groups excluding carboxylic acids is 1. The van der Waals surface area contributed by atoms with Crippen LogP contribution in [0, 0.1) is 12.7 Å². The van der Waals surface area contributed by atoms with Crippen LogP contribution in [0.25, 0.3) is 22.2 Å². The zero-order valence-electron chi connectivity index (χ0n) is 18.5. The number of aryl methyl sites for hydroxylation is 1. The molecule has 4 heterocycles. The number of piperidine rings is 1. The quantitative estimate of drug-likeness (QED) is 0.379. The Balaban J connectivity index is 1.45. The molecular formula is C26H25FN4OS. The number of imidazole rings is 1. The monoisotopic (exact) mass is 460 g/mol. The minimum absolute atomic E-state index is 0.0236. The minimum Gasteiger partial charge on any atom is -0.334 e. The van der Waals surface area contributed by atoms with Gasteiger partial charge >= 0.3 is 0 Å². The number of fused-ring (bicyclic) bond motifs is 1. The van der Waals surface area contributed by atoms with Crippen molar-refractivity contribution >= 4 is 29.0 Å². The highest BCUT2D eigenvalue weighted by Crippen LogP contribution is 2.32. The molecule has 1 amide bonds. The topological polar surface area (TPSA) is 50.5 Å². The van der Waals surface area contributed by atoms with Crippen LogP contribution >= 0.6 is 11.3 Å². The van der Waals surface area contributed by atoms with Crippen LogP contribution in [0.1, 0.15) is 46.0 Å². The number of halogens is 1. The highest BCUT2D eigenvalue weighted by molar-refractivity contribution is 7.15. The van der Waals surface area contributed by atoms with Crippen LogP contribution in [-0.2, 0) is 6.42 Å². The number of hydrogen-bond acceptors (Lipinski definition) is 4. The summed E-state index contributed by atoms with van der Waals surface area (Å²) in [7, 11) is 0. The molecule has 1 atom stereocenters. The van der Waals surface area contributed by atoms with E-state index in [0.717, 1.165) is 40.4 Å². The van der Waals surface area contributed by atoms with Crippen molar-refractivity contribution in [3.05, 3.63) is 83.1 Å². The number of carbonyl (C=O) groups is 1. The molecule has 1 saturated heterocycles. The summed E-state index contributed by atoms with van der Waals surface area (Å²) in [6.07, 6.45) is 8.46. The number of amides is 1. The number of rotatable bonds is 5. The largest absolute Gasteiger partial charge is 0.334 e. The first kappa shape index (κ1) is 21.5. The lowest BCUT2D eigenvalue weighted by atomic mass is 9.97. The predicted molar refractivity (Wildman–Crippen MR) is 130 cm³/mol. The first-order valence-corrected chi connectivity index (χ1v) is 12.0. The number of nitrogens with zero attached hydrogens (tertiary/aromatic N) is 4. The van der Waals surface area contributed by atoms with Crippen molar-refractivity contribution in [1.82, 2.24) is 19.3 Å². The second-order valence-electron chi connectivity index (χ2n) is 8.41. The summed E-state index contributed by atoms with van der Waals surface area (Å²) in [6, 6.07) is 11.4. The van der Waals surface area contributed by atoms with Crippen molar-refractivity contribution in [2.45, 2.75) is 38.6 Å². The smallest absolute Gasteiger partial charge is 0.274 e. The maximum Gasteiger partial charge on any atom is 0.274 e. The molecule has 1 fully saturated rings. The van der Waals surface area contributed by atoms with Gasteiger partial charge in [0.1, 0.15) is 17.2 Å². The van der Waals surface area contributed by atoms with Crippen LogP contribution in [0.2, 0.25) is 0 Å². The highest BCUT2D eigenvalue weighted by Gasteiger charge is 2.31. The molecular weight excluding hydrogens is 435 g/mol. The lowest BCUT2D eigenvalue weighted by molar-refractivity contribution is 0.0608. The molecule has 5 nitrogen and oxygen atoms in total. The molecule has 1 aromatic carbocycles. The van der Waals surface area contributed by atoms with Gasteiger partial charge in [-0.15, -0.1) is 11.3 Å². The van der Waals surface area contributed by atoms with Gasteiger partial charge in [0.05, 0.1) is 15.6 Å². The highest BCUT2D eigenvalue weighted by atomic mass is 32.1. The average molecular weight is 461 g/mol. The van der Waals surface area contributed by atoms with Crippen molar-refractivity contribution in [3.8, 4) is 10.4 Å². The van der Waals surface area contributed by atoms with E-state index in [1.54, 1.807) is 21.8 Å². The standard InChI is InChI=1S/C26H25FN4OS/c1-3-18-13-20(27)15-30-16-21(29-25(18)30)14-22-11-7-8-12-31(22)26(32)23-24(33-17(2)28-23)19-9-5-4-6-10-19/h3-6,9-10,13,15-16,22H,1,7-8,11-12,14H2,2H3/t22-/m0/s1. The number of benzene rings is 1. The fourth-order valence-corrected chi connectivity index (χ4v) is 5.52. The number of likely N-dealkylation sites (tertiary alicyclic amines) is 1. The van der Waals surface area contributed by atoms with E-state index in [1.807, 2.05) is 48.4 Å². The van der Waals surface area contributed by atoms with Gasteiger partial charge in [0.15, 0.2) is 0 Å². The SMILES string of the molecule is C=Cc1cc(F)cn2cc(C[C@@H]3CCCCN3C(=O)c3nc(C)sc3-c3ccccc3)nc12. The molecule has 1 aliphatic heterocycles. The second kappa shape index (κ2) is 8.90. The summed E-state index contributed by atoms with van der Waals surface area (Å²) in [6.45, 7) is 6.41. The Hall–Kier alpha value is -3.32. The Morgan fingerprint density at radius 2 is 2.06 bits per heavy atom. The summed E-state index contributed by atoms with van der Waals surface area (Å²) in [5.41, 5.74) is 3.71. The van der Waals surface area contributed by atoms with E-state index in [9.17, 15) is 9.18 Å². The second-order valence-corrected chi connectivity index (χ2v) is 9.61. The molecule has 3 aromatic heterocycles. The molecule has 0 aliphatic carbocycles. The van der Waals surface area contributed by atoms with E-state index in [4.69, 9.17) is 4.98 Å². The molecule has 5 rings (SSSR count). The maximum absolute atomic E-state index is 13.9. The molecule has 0 spiro atoms. The van der Waals surface area contributed by atoms with Crippen LogP contribution in [0.4, 0.5) is 4.39 Å². The number of hydrogen-bond donors (Lipinski definition) is 0. The lowest BCUT2D eigenvalue weighted by Gasteiger charge is -2.35. The molecule has 0 saturated carbocycles. The van der Waals surface area contributed by atoms with Gasteiger partial charge in [-0.25, -0.2) is 14.4 Å². The normalized spacial score (nSPS) is 16.3. The maximum atomic E-state index is 13.9. The summed E-state index contributed by atoms with van der Waals surface area (Å²) >= 11 is 1.55. The van der Waals surface area contributed by atoms with Gasteiger partial charge < -0.3 is 9.30 Å². The van der Waals surface area contributed by atoms with Gasteiger partial charge in [-0.05, 0) is 37.8 Å². The van der Waals surface area contributed by atoms with E-state index in [2.05, 4.69) is 11.6 Å². The van der Waals surface area contributed by atoms with Crippen LogP contribution < -0.4 is 0 Å². The zero-order valence-corrected chi connectivity index (χ0v) is 19.3. The van der Waals surface area contributed by atoms with Gasteiger partial charge in [0.25, 0.3) is 5.91 Å². The Labute approximate surface area is 196 Å². The molecule has 0 N–H and O–H groups in total. The van der Waals surface area contributed by atoms with Crippen molar-refractivity contribution in [2.75, 3.05) is 6.54 Å². The predicted octanol–water partition coefficient (Wildman–Crippen LogP) is 5.79. The van der Waals surface area contributed by atoms with Crippen molar-refractivity contribution in [1.29, 1.82) is 0 Å². The molecule has 33 heavy (non-hydrogen) atoms. The van der Waals surface area contributed by atoms with E-state index in [1.165, 1.54) is 12.3 Å². The fourth-order valence-electron chi connectivity index (χ4n) is 4.60. The Morgan fingerprint density at radius 1 is 1.24 bits per heavy atom. The molecule has 0 radical (unpaired) electrons. The first-order chi connectivity index (χ1) is 16.0. The third kappa shape index (κ3) is 4.20. The van der Waals surface area contributed by atoms with Gasteiger partial charge in [0, 0.05) is 37.0 Å². The summed E-state index contributed by atoms with van der Waals surface area (Å²) < 4.78 is 15.6. The minimum atomic E-state index is -0.330. The first-order valence-electron chi connectivity index (χ1n) is 11.2. The van der Waals surface area contributed by atoms with Crippen LogP contribution in [0.3, 0.4) is 0 Å². The van der Waals surface area contributed by atoms with Gasteiger partial charge in [-0.3, -0.25) is 4.79 Å². The molecule has 1 aliphatic rings. The van der Waals surface area contributed by atoms with E-state index < -0.39 is 0 Å². The van der Waals surface area contributed by atoms with Crippen molar-refractivity contribution in [3.63, 3.8) is 0 Å². The van der Waals surface area contributed by atoms with E-state index in [-0.39, 0.29) is 17.8 Å². The fraction of sp³-hybridized carbons (Fsp3) is 0.269. The van der Waals surface area contributed by atoms with E-state index >= 15 is 0 Å². The number of pyridine rings is 1. The summed E-state index contributed by atoms with van der Waals surface area (Å²) in [5.74, 6) is -0.354. The third-order valence-corrected chi connectivity index (χ3v) is 7.14. The van der Waals surface area contributed by atoms with E-state index in [0.29, 0.717) is 29.9 Å². The number of aromatic nitrogens is 3. The zero-order chi connectivity index (χ0) is 22.9. The molecule has 4 aromatic rings. The van der Waals surface area contributed by atoms with Gasteiger partial charge in [-0.1, -0.05) is 43.0 Å². The summed E-state index contributed by atoms with van der Waals surface area (Å²) in [5, 5.41) is 0.880. The summed E-state index contributed by atoms with van der Waals surface area (Å²) in [4.78, 5) is 25.9. The van der Waals surface area contributed by atoms with Crippen molar-refractivity contribution in [2.24, 2.45) is 0 Å². The van der Waals surface area contributed by atoms with Crippen molar-refractivity contribution < 1.29 is 9.18 Å². The molecule has 0 unspecified atom stereocenters. The lowest BCUT2D eigenvalue weighted by Crippen LogP contribution is -2.45. The van der Waals surface area contributed by atoms with Gasteiger partial charge in [-0.2, -0.15) is 0 Å².